The molecule has 0 aliphatic carbocycles. The minimum absolute atomic E-state index is 0.123. The minimum atomic E-state index is -0.713. The topological polar surface area (TPSA) is 149 Å². The van der Waals surface area contributed by atoms with Crippen LogP contribution < -0.4 is 11.1 Å². The zero-order chi connectivity index (χ0) is 27.3. The molecule has 0 fully saturated rings. The number of amides is 2. The lowest BCUT2D eigenvalue weighted by atomic mass is 10.0. The molecule has 4 heterocycles. The van der Waals surface area contributed by atoms with Crippen LogP contribution in [0.1, 0.15) is 32.1 Å². The van der Waals surface area contributed by atoms with E-state index in [4.69, 9.17) is 28.9 Å². The highest BCUT2D eigenvalue weighted by molar-refractivity contribution is 6.35. The van der Waals surface area contributed by atoms with Crippen molar-refractivity contribution in [3.8, 4) is 5.82 Å². The lowest BCUT2D eigenvalue weighted by molar-refractivity contribution is 0.100. The van der Waals surface area contributed by atoms with Gasteiger partial charge in [0.1, 0.15) is 5.69 Å². The fourth-order valence-electron chi connectivity index (χ4n) is 4.53. The lowest BCUT2D eigenvalue weighted by Gasteiger charge is -2.14. The molecular weight excluding hydrogens is 541 g/mol. The molecule has 39 heavy (non-hydrogen) atoms. The molecule has 4 N–H and O–H groups in total. The van der Waals surface area contributed by atoms with Crippen LogP contribution in [0, 0.1) is 6.92 Å². The normalized spacial score (nSPS) is 11.4. The second-order valence-electron chi connectivity index (χ2n) is 8.81. The Morgan fingerprint density at radius 3 is 2.72 bits per heavy atom. The van der Waals surface area contributed by atoms with Crippen LogP contribution in [-0.2, 0) is 6.54 Å². The Hall–Kier alpha value is -4.74. The smallest absolute Gasteiger partial charge is 0.274 e. The molecule has 0 spiro atoms. The van der Waals surface area contributed by atoms with E-state index in [1.54, 1.807) is 60.5 Å². The molecule has 0 aliphatic rings. The van der Waals surface area contributed by atoms with Gasteiger partial charge in [0, 0.05) is 17.0 Å². The third-order valence-electron chi connectivity index (χ3n) is 6.30. The van der Waals surface area contributed by atoms with Crippen molar-refractivity contribution in [2.24, 2.45) is 5.73 Å². The van der Waals surface area contributed by atoms with Crippen molar-refractivity contribution in [1.29, 1.82) is 0 Å². The maximum Gasteiger partial charge on any atom is 0.274 e. The van der Waals surface area contributed by atoms with Crippen molar-refractivity contribution >= 4 is 62.5 Å². The Morgan fingerprint density at radius 1 is 1.10 bits per heavy atom. The number of fused-ring (bicyclic) bond motifs is 2. The predicted octanol–water partition coefficient (Wildman–Crippen LogP) is 4.51. The van der Waals surface area contributed by atoms with E-state index in [2.05, 4.69) is 30.7 Å². The first-order valence-corrected chi connectivity index (χ1v) is 12.4. The number of anilines is 1. The molecule has 0 atom stereocenters. The summed E-state index contributed by atoms with van der Waals surface area (Å²) in [6.45, 7) is 2.01. The molecule has 0 saturated carbocycles. The van der Waals surface area contributed by atoms with E-state index in [1.165, 1.54) is 4.68 Å². The van der Waals surface area contributed by atoms with Crippen molar-refractivity contribution in [1.82, 2.24) is 34.7 Å². The Bertz CT molecular complexity index is 1920. The van der Waals surface area contributed by atoms with Crippen molar-refractivity contribution in [3.05, 3.63) is 93.6 Å². The highest BCUT2D eigenvalue weighted by Gasteiger charge is 2.24. The number of halogens is 2. The third kappa shape index (κ3) is 4.27. The van der Waals surface area contributed by atoms with E-state index in [0.717, 1.165) is 10.9 Å². The van der Waals surface area contributed by atoms with Gasteiger partial charge in [-0.1, -0.05) is 29.3 Å². The van der Waals surface area contributed by atoms with E-state index >= 15 is 0 Å². The van der Waals surface area contributed by atoms with Crippen LogP contribution in [0.15, 0.2) is 61.1 Å². The summed E-state index contributed by atoms with van der Waals surface area (Å²) in [6, 6.07) is 12.3. The number of pyridine rings is 1. The predicted molar refractivity (Wildman–Crippen MR) is 148 cm³/mol. The fraction of sp³-hybridized carbons (Fsp3) is 0.0769. The molecule has 0 saturated heterocycles. The number of nitrogens with one attached hydrogen (secondary N) is 2. The Morgan fingerprint density at radius 2 is 1.92 bits per heavy atom. The number of aromatic amines is 1. The SMILES string of the molecule is Cc1cc2cn[nH]c2c(C(N)=O)c1NC(=O)c1cc(Cn2ncc3c(Cl)cccc32)nn1-c1ncccc1Cl. The van der Waals surface area contributed by atoms with Gasteiger partial charge in [0.05, 0.1) is 57.0 Å². The first-order chi connectivity index (χ1) is 18.8. The van der Waals surface area contributed by atoms with Crippen LogP contribution in [0.5, 0.6) is 0 Å². The van der Waals surface area contributed by atoms with Crippen LogP contribution in [0.25, 0.3) is 27.6 Å². The number of hydrogen-bond acceptors (Lipinski definition) is 6. The number of carbonyl (C=O) groups is 2. The largest absolute Gasteiger partial charge is 0.365 e. The first kappa shape index (κ1) is 24.6. The highest BCUT2D eigenvalue weighted by Crippen LogP contribution is 2.30. The Balaban J connectivity index is 1.44. The zero-order valence-electron chi connectivity index (χ0n) is 20.3. The summed E-state index contributed by atoms with van der Waals surface area (Å²) in [5.41, 5.74) is 8.61. The molecule has 0 unspecified atom stereocenters. The molecular formula is C26H19Cl2N9O2. The number of benzene rings is 2. The molecule has 194 valence electrons. The number of nitrogens with zero attached hydrogens (tertiary/aromatic N) is 6. The van der Waals surface area contributed by atoms with Crippen LogP contribution in [0.3, 0.4) is 0 Å². The molecule has 13 heteroatoms. The summed E-state index contributed by atoms with van der Waals surface area (Å²) in [5.74, 6) is -0.998. The highest BCUT2D eigenvalue weighted by atomic mass is 35.5. The number of nitrogens with two attached hydrogens (primary N) is 1. The Labute approximate surface area is 230 Å². The minimum Gasteiger partial charge on any atom is -0.365 e. The van der Waals surface area contributed by atoms with Crippen molar-refractivity contribution in [2.75, 3.05) is 5.32 Å². The van der Waals surface area contributed by atoms with Crippen molar-refractivity contribution < 1.29 is 9.59 Å². The van der Waals surface area contributed by atoms with Crippen molar-refractivity contribution in [3.63, 3.8) is 0 Å². The standard InChI is InChI=1S/C26H19Cl2N9O2/c1-13-8-14-10-31-34-23(14)21(24(29)38)22(13)33-26(39)20-9-15(35-37(20)25-18(28)5-3-7-30-25)12-36-19-6-2-4-17(27)16(19)11-32-36/h2-11H,12H2,1H3,(H2,29,38)(H,31,34)(H,33,39). The summed E-state index contributed by atoms with van der Waals surface area (Å²) in [5, 5.41) is 21.1. The summed E-state index contributed by atoms with van der Waals surface area (Å²) >= 11 is 12.7. The maximum absolute atomic E-state index is 13.7. The van der Waals surface area contributed by atoms with Gasteiger partial charge in [-0.15, -0.1) is 0 Å². The fourth-order valence-corrected chi connectivity index (χ4v) is 4.95. The first-order valence-electron chi connectivity index (χ1n) is 11.7. The maximum atomic E-state index is 13.7. The molecule has 4 aromatic heterocycles. The number of aromatic nitrogens is 7. The number of rotatable bonds is 6. The van der Waals surface area contributed by atoms with Gasteiger partial charge in [-0.2, -0.15) is 15.3 Å². The van der Waals surface area contributed by atoms with E-state index in [-0.39, 0.29) is 29.3 Å². The molecule has 0 aliphatic heterocycles. The number of primary amides is 1. The number of hydrogen-bond donors (Lipinski definition) is 3. The van der Waals surface area contributed by atoms with Gasteiger partial charge >= 0.3 is 0 Å². The molecule has 0 radical (unpaired) electrons. The summed E-state index contributed by atoms with van der Waals surface area (Å²) in [4.78, 5) is 30.5. The summed E-state index contributed by atoms with van der Waals surface area (Å²) in [7, 11) is 0. The zero-order valence-corrected chi connectivity index (χ0v) is 21.8. The van der Waals surface area contributed by atoms with Gasteiger partial charge in [0.2, 0.25) is 0 Å². The van der Waals surface area contributed by atoms with Crippen LogP contribution in [-0.4, -0.2) is 46.6 Å². The number of carbonyl (C=O) groups excluding carboxylic acids is 2. The van der Waals surface area contributed by atoms with Crippen LogP contribution >= 0.6 is 23.2 Å². The van der Waals surface area contributed by atoms with E-state index < -0.39 is 11.8 Å². The molecule has 6 aromatic rings. The molecule has 2 amide bonds. The van der Waals surface area contributed by atoms with Crippen LogP contribution in [0.4, 0.5) is 5.69 Å². The number of aryl methyl sites for hydroxylation is 1. The van der Waals surface area contributed by atoms with E-state index in [9.17, 15) is 9.59 Å². The van der Waals surface area contributed by atoms with Gasteiger partial charge in [-0.25, -0.2) is 9.67 Å². The average Bonchev–Trinajstić information content (AvgIpc) is 3.64. The molecule has 6 rings (SSSR count). The second-order valence-corrected chi connectivity index (χ2v) is 9.63. The van der Waals surface area contributed by atoms with Gasteiger partial charge in [-0.3, -0.25) is 19.4 Å². The van der Waals surface area contributed by atoms with E-state index in [1.807, 2.05) is 12.1 Å². The van der Waals surface area contributed by atoms with Gasteiger partial charge in [0.15, 0.2) is 5.82 Å². The van der Waals surface area contributed by atoms with Gasteiger partial charge in [-0.05, 0) is 48.9 Å². The molecule has 0 bridgehead atoms. The second kappa shape index (κ2) is 9.53. The molecule has 11 nitrogen and oxygen atoms in total. The molecule has 2 aromatic carbocycles. The van der Waals surface area contributed by atoms with Gasteiger partial charge < -0.3 is 11.1 Å². The Kier molecular flexibility index (Phi) is 6.01. The average molecular weight is 560 g/mol. The summed E-state index contributed by atoms with van der Waals surface area (Å²) < 4.78 is 3.09. The van der Waals surface area contributed by atoms with Crippen LogP contribution in [0.2, 0.25) is 10.0 Å². The quantitative estimate of drug-likeness (QED) is 0.273. The third-order valence-corrected chi connectivity index (χ3v) is 6.92. The van der Waals surface area contributed by atoms with Crippen molar-refractivity contribution in [2.45, 2.75) is 13.5 Å². The van der Waals surface area contributed by atoms with Gasteiger partial charge in [0.25, 0.3) is 11.8 Å². The monoisotopic (exact) mass is 559 g/mol. The summed E-state index contributed by atoms with van der Waals surface area (Å²) in [6.07, 6.45) is 4.81. The number of H-pyrrole nitrogens is 1. The lowest BCUT2D eigenvalue weighted by Crippen LogP contribution is -2.22. The van der Waals surface area contributed by atoms with E-state index in [0.29, 0.717) is 32.2 Å².